The van der Waals surface area contributed by atoms with E-state index in [4.69, 9.17) is 15.7 Å². The van der Waals surface area contributed by atoms with Gasteiger partial charge in [-0.1, -0.05) is 15.9 Å². The first-order chi connectivity index (χ1) is 9.81. The Morgan fingerprint density at radius 1 is 1.10 bits per heavy atom. The number of rotatable bonds is 2. The highest BCUT2D eigenvalue weighted by Gasteiger charge is 2.35. The van der Waals surface area contributed by atoms with Gasteiger partial charge in [-0.05, 0) is 36.4 Å². The number of nitriles is 1. The molecule has 7 heteroatoms. The van der Waals surface area contributed by atoms with Crippen molar-refractivity contribution in [3.63, 3.8) is 0 Å². The SMILES string of the molecule is N#Cc1ccc(Br)cc1Oc1ccc(N)cc1C(F)(F)F. The van der Waals surface area contributed by atoms with Crippen molar-refractivity contribution in [3.05, 3.63) is 52.0 Å². The Kier molecular flexibility index (Phi) is 4.09. The molecule has 0 unspecified atom stereocenters. The molecule has 21 heavy (non-hydrogen) atoms. The first-order valence-corrected chi connectivity index (χ1v) is 6.45. The van der Waals surface area contributed by atoms with Crippen LogP contribution in [0.25, 0.3) is 0 Å². The van der Waals surface area contributed by atoms with Crippen LogP contribution in [0.1, 0.15) is 11.1 Å². The van der Waals surface area contributed by atoms with Crippen LogP contribution in [0.5, 0.6) is 11.5 Å². The molecular weight excluding hydrogens is 349 g/mol. The highest BCUT2D eigenvalue weighted by atomic mass is 79.9. The number of nitrogens with two attached hydrogens (primary N) is 1. The molecule has 108 valence electrons. The number of ether oxygens (including phenoxy) is 1. The largest absolute Gasteiger partial charge is 0.455 e. The highest BCUT2D eigenvalue weighted by molar-refractivity contribution is 9.10. The summed E-state index contributed by atoms with van der Waals surface area (Å²) >= 11 is 3.18. The van der Waals surface area contributed by atoms with Gasteiger partial charge in [-0.25, -0.2) is 0 Å². The summed E-state index contributed by atoms with van der Waals surface area (Å²) in [4.78, 5) is 0. The summed E-state index contributed by atoms with van der Waals surface area (Å²) in [6.45, 7) is 0. The molecule has 2 rings (SSSR count). The monoisotopic (exact) mass is 356 g/mol. The maximum Gasteiger partial charge on any atom is 0.420 e. The molecule has 0 aliphatic carbocycles. The quantitative estimate of drug-likeness (QED) is 0.792. The molecule has 0 aromatic heterocycles. The van der Waals surface area contributed by atoms with Gasteiger partial charge in [0.2, 0.25) is 0 Å². The van der Waals surface area contributed by atoms with Crippen LogP contribution in [0.4, 0.5) is 18.9 Å². The molecule has 0 fully saturated rings. The average molecular weight is 357 g/mol. The molecule has 0 bridgehead atoms. The number of halogens is 4. The molecule has 3 nitrogen and oxygen atoms in total. The van der Waals surface area contributed by atoms with E-state index in [2.05, 4.69) is 15.9 Å². The van der Waals surface area contributed by atoms with Crippen LogP contribution >= 0.6 is 15.9 Å². The number of anilines is 1. The molecule has 2 aromatic rings. The second kappa shape index (κ2) is 5.66. The zero-order valence-electron chi connectivity index (χ0n) is 10.4. The van der Waals surface area contributed by atoms with Crippen molar-refractivity contribution < 1.29 is 17.9 Å². The second-order valence-electron chi connectivity index (χ2n) is 4.11. The van der Waals surface area contributed by atoms with Crippen LogP contribution < -0.4 is 10.5 Å². The molecule has 0 atom stereocenters. The summed E-state index contributed by atoms with van der Waals surface area (Å²) < 4.78 is 44.8. The third-order valence-corrected chi connectivity index (χ3v) is 3.09. The number of alkyl halides is 3. The van der Waals surface area contributed by atoms with Crippen molar-refractivity contribution in [2.24, 2.45) is 0 Å². The molecule has 0 spiro atoms. The minimum absolute atomic E-state index is 0.0237. The summed E-state index contributed by atoms with van der Waals surface area (Å²) in [5.74, 6) is -0.381. The maximum absolute atomic E-state index is 13.0. The smallest absolute Gasteiger partial charge is 0.420 e. The molecule has 0 saturated carbocycles. The van der Waals surface area contributed by atoms with Gasteiger partial charge < -0.3 is 10.5 Å². The standard InChI is InChI=1S/C14H8BrF3N2O/c15-9-2-1-8(7-19)13(5-9)21-12-4-3-10(20)6-11(12)14(16,17)18/h1-6H,20H2. The molecule has 2 N–H and O–H groups in total. The number of benzene rings is 2. The molecule has 0 aliphatic rings. The van der Waals surface area contributed by atoms with Crippen molar-refractivity contribution in [2.75, 3.05) is 5.73 Å². The van der Waals surface area contributed by atoms with Gasteiger partial charge in [0.1, 0.15) is 23.1 Å². The normalized spacial score (nSPS) is 11.0. The van der Waals surface area contributed by atoms with E-state index >= 15 is 0 Å². The van der Waals surface area contributed by atoms with Crippen molar-refractivity contribution >= 4 is 21.6 Å². The second-order valence-corrected chi connectivity index (χ2v) is 5.02. The highest BCUT2D eigenvalue weighted by Crippen LogP contribution is 2.40. The minimum atomic E-state index is -4.61. The van der Waals surface area contributed by atoms with Gasteiger partial charge in [0, 0.05) is 10.2 Å². The zero-order chi connectivity index (χ0) is 15.6. The van der Waals surface area contributed by atoms with Gasteiger partial charge in [0.25, 0.3) is 0 Å². The van der Waals surface area contributed by atoms with Crippen LogP contribution in [0.15, 0.2) is 40.9 Å². The van der Waals surface area contributed by atoms with Crippen LogP contribution in [-0.4, -0.2) is 0 Å². The maximum atomic E-state index is 13.0. The summed E-state index contributed by atoms with van der Waals surface area (Å²) in [5.41, 5.74) is 4.49. The topological polar surface area (TPSA) is 59.0 Å². The van der Waals surface area contributed by atoms with E-state index in [1.165, 1.54) is 18.2 Å². The summed E-state index contributed by atoms with van der Waals surface area (Å²) in [5, 5.41) is 8.97. The van der Waals surface area contributed by atoms with Crippen LogP contribution in [0.2, 0.25) is 0 Å². The fraction of sp³-hybridized carbons (Fsp3) is 0.0714. The molecule has 0 radical (unpaired) electrons. The molecule has 0 aliphatic heterocycles. The molecular formula is C14H8BrF3N2O. The first-order valence-electron chi connectivity index (χ1n) is 5.65. The van der Waals surface area contributed by atoms with E-state index in [0.717, 1.165) is 12.1 Å². The molecule has 0 saturated heterocycles. The van der Waals surface area contributed by atoms with Gasteiger partial charge in [-0.2, -0.15) is 18.4 Å². The lowest BCUT2D eigenvalue weighted by Crippen LogP contribution is -2.08. The molecule has 2 aromatic carbocycles. The molecule has 0 amide bonds. The Morgan fingerprint density at radius 2 is 1.81 bits per heavy atom. The van der Waals surface area contributed by atoms with Crippen molar-refractivity contribution in [3.8, 4) is 17.6 Å². The van der Waals surface area contributed by atoms with Gasteiger partial charge in [0.15, 0.2) is 0 Å². The van der Waals surface area contributed by atoms with Gasteiger partial charge in [0.05, 0.1) is 5.56 Å². The number of hydrogen-bond donors (Lipinski definition) is 1. The molecule has 0 heterocycles. The lowest BCUT2D eigenvalue weighted by Gasteiger charge is -2.15. The van der Waals surface area contributed by atoms with E-state index in [-0.39, 0.29) is 17.0 Å². The summed E-state index contributed by atoms with van der Waals surface area (Å²) in [6, 6.07) is 9.55. The van der Waals surface area contributed by atoms with Crippen LogP contribution in [-0.2, 0) is 6.18 Å². The lowest BCUT2D eigenvalue weighted by atomic mass is 10.1. The summed E-state index contributed by atoms with van der Waals surface area (Å²) in [6.07, 6.45) is -4.61. The van der Waals surface area contributed by atoms with E-state index in [1.54, 1.807) is 6.07 Å². The number of nitrogen functional groups attached to an aromatic ring is 1. The van der Waals surface area contributed by atoms with Crippen LogP contribution in [0, 0.1) is 11.3 Å². The van der Waals surface area contributed by atoms with Crippen molar-refractivity contribution in [1.82, 2.24) is 0 Å². The first kappa shape index (κ1) is 15.2. The predicted molar refractivity (Wildman–Crippen MR) is 74.8 cm³/mol. The van der Waals surface area contributed by atoms with Gasteiger partial charge in [-0.15, -0.1) is 0 Å². The number of hydrogen-bond acceptors (Lipinski definition) is 3. The Balaban J connectivity index is 2.50. The van der Waals surface area contributed by atoms with Crippen molar-refractivity contribution in [2.45, 2.75) is 6.18 Å². The van der Waals surface area contributed by atoms with Crippen molar-refractivity contribution in [1.29, 1.82) is 5.26 Å². The lowest BCUT2D eigenvalue weighted by molar-refractivity contribution is -0.138. The van der Waals surface area contributed by atoms with E-state index in [0.29, 0.717) is 4.47 Å². The third-order valence-electron chi connectivity index (χ3n) is 2.59. The predicted octanol–water partition coefficient (Wildman–Crippen LogP) is 4.71. The van der Waals surface area contributed by atoms with Gasteiger partial charge >= 0.3 is 6.18 Å². The Morgan fingerprint density at radius 3 is 2.43 bits per heavy atom. The summed E-state index contributed by atoms with van der Waals surface area (Å²) in [7, 11) is 0. The Bertz CT molecular complexity index is 723. The van der Waals surface area contributed by atoms with Crippen LogP contribution in [0.3, 0.4) is 0 Å². The fourth-order valence-corrected chi connectivity index (χ4v) is 1.99. The number of nitrogens with zero attached hydrogens (tertiary/aromatic N) is 1. The Labute approximate surface area is 126 Å². The fourth-order valence-electron chi connectivity index (χ4n) is 1.65. The van der Waals surface area contributed by atoms with E-state index in [1.807, 2.05) is 6.07 Å². The minimum Gasteiger partial charge on any atom is -0.455 e. The Hall–Kier alpha value is -2.20. The van der Waals surface area contributed by atoms with Gasteiger partial charge in [-0.3, -0.25) is 0 Å². The zero-order valence-corrected chi connectivity index (χ0v) is 12.0. The van der Waals surface area contributed by atoms with E-state index < -0.39 is 17.5 Å². The third kappa shape index (κ3) is 3.47. The van der Waals surface area contributed by atoms with E-state index in [9.17, 15) is 13.2 Å². The average Bonchev–Trinajstić information content (AvgIpc) is 2.40.